The highest BCUT2D eigenvalue weighted by Gasteiger charge is 2.22. The molecule has 138 valence electrons. The van der Waals surface area contributed by atoms with Crippen molar-refractivity contribution in [1.82, 2.24) is 10.2 Å². The highest BCUT2D eigenvalue weighted by molar-refractivity contribution is 5.74. The maximum Gasteiger partial charge on any atom is 0.317 e. The summed E-state index contributed by atoms with van der Waals surface area (Å²) in [7, 11) is 0. The van der Waals surface area contributed by atoms with Crippen LogP contribution in [0.5, 0.6) is 5.75 Å². The first-order chi connectivity index (χ1) is 12.6. The maximum absolute atomic E-state index is 13.8. The molecule has 1 N–H and O–H groups in total. The Balaban J connectivity index is 1.38. The normalized spacial score (nSPS) is 14.2. The molecule has 1 saturated heterocycles. The van der Waals surface area contributed by atoms with Gasteiger partial charge >= 0.3 is 6.03 Å². The first-order valence-corrected chi connectivity index (χ1v) is 8.54. The lowest BCUT2D eigenvalue weighted by Gasteiger charge is -2.36. The number of benzene rings is 2. The summed E-state index contributed by atoms with van der Waals surface area (Å²) in [6.07, 6.45) is 0. The minimum Gasteiger partial charge on any atom is -0.492 e. The van der Waals surface area contributed by atoms with Gasteiger partial charge in [-0.3, -0.25) is 0 Å². The van der Waals surface area contributed by atoms with Gasteiger partial charge in [0, 0.05) is 26.2 Å². The quantitative estimate of drug-likeness (QED) is 0.833. The third-order valence-corrected chi connectivity index (χ3v) is 4.22. The number of para-hydroxylation sites is 1. The van der Waals surface area contributed by atoms with Gasteiger partial charge in [0.2, 0.25) is 0 Å². The number of nitrogens with zero attached hydrogens (tertiary/aromatic N) is 2. The van der Waals surface area contributed by atoms with Crippen LogP contribution in [0.1, 0.15) is 0 Å². The van der Waals surface area contributed by atoms with Crippen molar-refractivity contribution in [2.75, 3.05) is 44.2 Å². The Bertz CT molecular complexity index is 732. The van der Waals surface area contributed by atoms with E-state index < -0.39 is 0 Å². The fourth-order valence-electron chi connectivity index (χ4n) is 2.83. The number of nitrogens with one attached hydrogen (secondary N) is 1. The molecule has 2 amide bonds. The number of hydrogen-bond donors (Lipinski definition) is 1. The summed E-state index contributed by atoms with van der Waals surface area (Å²) in [4.78, 5) is 15.8. The molecule has 1 aliphatic heterocycles. The number of ether oxygens (including phenoxy) is 1. The van der Waals surface area contributed by atoms with E-state index in [2.05, 4.69) is 5.32 Å². The molecule has 26 heavy (non-hydrogen) atoms. The smallest absolute Gasteiger partial charge is 0.317 e. The van der Waals surface area contributed by atoms with Crippen LogP contribution in [0.25, 0.3) is 0 Å². The SMILES string of the molecule is O=C(NCCOc1ccc(F)cc1)N1CCN(c2ccccc2F)CC1. The van der Waals surface area contributed by atoms with Gasteiger partial charge in [-0.25, -0.2) is 13.6 Å². The Labute approximate surface area is 151 Å². The highest BCUT2D eigenvalue weighted by atomic mass is 19.1. The summed E-state index contributed by atoms with van der Waals surface area (Å²) < 4.78 is 32.1. The first kappa shape index (κ1) is 18.0. The van der Waals surface area contributed by atoms with Gasteiger partial charge in [0.15, 0.2) is 0 Å². The van der Waals surface area contributed by atoms with Crippen molar-refractivity contribution in [3.05, 3.63) is 60.2 Å². The summed E-state index contributed by atoms with van der Waals surface area (Å²) in [5.41, 5.74) is 0.570. The van der Waals surface area contributed by atoms with E-state index in [0.717, 1.165) is 0 Å². The van der Waals surface area contributed by atoms with Crippen LogP contribution in [-0.2, 0) is 0 Å². The van der Waals surface area contributed by atoms with Gasteiger partial charge < -0.3 is 19.9 Å². The van der Waals surface area contributed by atoms with Crippen LogP contribution in [0.2, 0.25) is 0 Å². The van der Waals surface area contributed by atoms with Crippen LogP contribution in [-0.4, -0.2) is 50.3 Å². The number of hydrogen-bond acceptors (Lipinski definition) is 3. The van der Waals surface area contributed by atoms with E-state index in [0.29, 0.717) is 50.8 Å². The summed E-state index contributed by atoms with van der Waals surface area (Å²) in [5.74, 6) is -0.0114. The predicted octanol–water partition coefficient (Wildman–Crippen LogP) is 2.88. The molecule has 0 aliphatic carbocycles. The van der Waals surface area contributed by atoms with E-state index >= 15 is 0 Å². The zero-order chi connectivity index (χ0) is 18.4. The molecule has 1 fully saturated rings. The Kier molecular flexibility index (Phi) is 5.88. The molecule has 0 atom stereocenters. The summed E-state index contributed by atoms with van der Waals surface area (Å²) in [5, 5.41) is 2.80. The van der Waals surface area contributed by atoms with Crippen LogP contribution in [0, 0.1) is 11.6 Å². The van der Waals surface area contributed by atoms with Crippen molar-refractivity contribution in [2.24, 2.45) is 0 Å². The number of anilines is 1. The number of halogens is 2. The molecule has 0 aromatic heterocycles. The maximum atomic E-state index is 13.8. The first-order valence-electron chi connectivity index (χ1n) is 8.54. The molecule has 2 aromatic carbocycles. The molecule has 3 rings (SSSR count). The largest absolute Gasteiger partial charge is 0.492 e. The van der Waals surface area contributed by atoms with Crippen LogP contribution >= 0.6 is 0 Å². The second kappa shape index (κ2) is 8.51. The van der Waals surface area contributed by atoms with Gasteiger partial charge in [0.1, 0.15) is 24.0 Å². The lowest BCUT2D eigenvalue weighted by atomic mass is 10.2. The monoisotopic (exact) mass is 361 g/mol. The van der Waals surface area contributed by atoms with E-state index in [9.17, 15) is 13.6 Å². The van der Waals surface area contributed by atoms with Crippen molar-refractivity contribution >= 4 is 11.7 Å². The Hall–Kier alpha value is -2.83. The molecule has 0 bridgehead atoms. The van der Waals surface area contributed by atoms with Crippen LogP contribution < -0.4 is 15.0 Å². The molecule has 5 nitrogen and oxygen atoms in total. The Morgan fingerprint density at radius 1 is 1.00 bits per heavy atom. The van der Waals surface area contributed by atoms with Crippen molar-refractivity contribution in [3.63, 3.8) is 0 Å². The Morgan fingerprint density at radius 3 is 2.38 bits per heavy atom. The third-order valence-electron chi connectivity index (χ3n) is 4.22. The van der Waals surface area contributed by atoms with Crippen LogP contribution in [0.3, 0.4) is 0 Å². The number of rotatable bonds is 5. The fraction of sp³-hybridized carbons (Fsp3) is 0.316. The van der Waals surface area contributed by atoms with Gasteiger partial charge in [0.25, 0.3) is 0 Å². The Morgan fingerprint density at radius 2 is 1.69 bits per heavy atom. The van der Waals surface area contributed by atoms with Gasteiger partial charge in [-0.2, -0.15) is 0 Å². The lowest BCUT2D eigenvalue weighted by molar-refractivity contribution is 0.191. The number of carbonyl (C=O) groups is 1. The third kappa shape index (κ3) is 4.62. The number of carbonyl (C=O) groups excluding carboxylic acids is 1. The molecular formula is C19H21F2N3O2. The average molecular weight is 361 g/mol. The molecule has 1 aliphatic rings. The van der Waals surface area contributed by atoms with Gasteiger partial charge in [-0.05, 0) is 36.4 Å². The molecule has 0 radical (unpaired) electrons. The number of amides is 2. The van der Waals surface area contributed by atoms with Crippen molar-refractivity contribution in [3.8, 4) is 5.75 Å². The van der Waals surface area contributed by atoms with Crippen molar-refractivity contribution in [2.45, 2.75) is 0 Å². The number of piperazine rings is 1. The van der Waals surface area contributed by atoms with Crippen LogP contribution in [0.4, 0.5) is 19.3 Å². The van der Waals surface area contributed by atoms with E-state index in [1.54, 1.807) is 35.2 Å². The van der Waals surface area contributed by atoms with Gasteiger partial charge in [-0.1, -0.05) is 12.1 Å². The zero-order valence-corrected chi connectivity index (χ0v) is 14.3. The van der Waals surface area contributed by atoms with E-state index in [4.69, 9.17) is 4.74 Å². The minimum atomic E-state index is -0.319. The second-order valence-electron chi connectivity index (χ2n) is 5.96. The van der Waals surface area contributed by atoms with Gasteiger partial charge in [-0.15, -0.1) is 0 Å². The summed E-state index contributed by atoms with van der Waals surface area (Å²) >= 11 is 0. The molecule has 0 spiro atoms. The van der Waals surface area contributed by atoms with Crippen LogP contribution in [0.15, 0.2) is 48.5 Å². The molecule has 2 aromatic rings. The zero-order valence-electron chi connectivity index (χ0n) is 14.3. The van der Waals surface area contributed by atoms with E-state index in [1.807, 2.05) is 4.90 Å². The van der Waals surface area contributed by atoms with Gasteiger partial charge in [0.05, 0.1) is 12.2 Å². The molecule has 0 unspecified atom stereocenters. The molecular weight excluding hydrogens is 340 g/mol. The topological polar surface area (TPSA) is 44.8 Å². The lowest BCUT2D eigenvalue weighted by Crippen LogP contribution is -2.52. The van der Waals surface area contributed by atoms with Crippen molar-refractivity contribution in [1.29, 1.82) is 0 Å². The summed E-state index contributed by atoms with van der Waals surface area (Å²) in [6.45, 7) is 2.87. The standard InChI is InChI=1S/C19H21F2N3O2/c20-15-5-7-16(8-6-15)26-14-9-22-19(25)24-12-10-23(11-13-24)18-4-2-1-3-17(18)21/h1-8H,9-14H2,(H,22,25). The van der Waals surface area contributed by atoms with E-state index in [-0.39, 0.29) is 17.7 Å². The summed E-state index contributed by atoms with van der Waals surface area (Å²) in [6, 6.07) is 12.2. The average Bonchev–Trinajstić information content (AvgIpc) is 2.67. The van der Waals surface area contributed by atoms with Crippen molar-refractivity contribution < 1.29 is 18.3 Å². The molecule has 1 heterocycles. The van der Waals surface area contributed by atoms with E-state index in [1.165, 1.54) is 18.2 Å². The second-order valence-corrected chi connectivity index (χ2v) is 5.96. The molecule has 0 saturated carbocycles. The number of urea groups is 1. The fourth-order valence-corrected chi connectivity index (χ4v) is 2.83. The predicted molar refractivity (Wildman–Crippen MR) is 95.5 cm³/mol. The molecule has 7 heteroatoms. The highest BCUT2D eigenvalue weighted by Crippen LogP contribution is 2.20. The minimum absolute atomic E-state index is 0.166.